The van der Waals surface area contributed by atoms with Gasteiger partial charge in [0, 0.05) is 54.2 Å². The van der Waals surface area contributed by atoms with Crippen molar-refractivity contribution >= 4 is 40.3 Å². The summed E-state index contributed by atoms with van der Waals surface area (Å²) < 4.78 is 88.2. The lowest BCUT2D eigenvalue weighted by atomic mass is 9.90. The Morgan fingerprint density at radius 3 is 2.45 bits per heavy atom. The zero-order valence-electron chi connectivity index (χ0n) is 32.1. The van der Waals surface area contributed by atoms with Crippen molar-refractivity contribution in [2.75, 3.05) is 64.0 Å². The van der Waals surface area contributed by atoms with Crippen molar-refractivity contribution in [1.29, 1.82) is 0 Å². The Kier molecular flexibility index (Phi) is 5.17. The van der Waals surface area contributed by atoms with Crippen molar-refractivity contribution < 1.29 is 32.8 Å². The van der Waals surface area contributed by atoms with Crippen LogP contribution in [0.3, 0.4) is 0 Å². The van der Waals surface area contributed by atoms with E-state index in [9.17, 15) is 14.4 Å². The van der Waals surface area contributed by atoms with Gasteiger partial charge in [-0.3, -0.25) is 14.5 Å². The number of rotatable bonds is 7. The second kappa shape index (κ2) is 11.9. The highest BCUT2D eigenvalue weighted by atomic mass is 16.5. The van der Waals surface area contributed by atoms with Crippen LogP contribution in [0.2, 0.25) is 0 Å². The van der Waals surface area contributed by atoms with E-state index in [4.69, 9.17) is 18.4 Å². The second-order valence-electron chi connectivity index (χ2n) is 9.45. The summed E-state index contributed by atoms with van der Waals surface area (Å²) >= 11 is 0. The minimum atomic E-state index is -3.05. The molecule has 2 aliphatic rings. The summed E-state index contributed by atoms with van der Waals surface area (Å²) in [5, 5.41) is 2.67. The standard InChI is InChI=1S/C32H34N4O4/c1-34-15-17-36(18-16-34)21-29(37)35(2)25-12-9-22(10-13-25)19-27(23-7-5-4-6-8-23)30-26-14-11-24(32(39)40-3)20-28(26)33-31(30)38/h4-14,20H,15-19,21H2,1-3H3,(H,33,38)/b30-27+/i2D3,4D,5D,6D,7D,8D,21D2. The van der Waals surface area contributed by atoms with Crippen LogP contribution < -0.4 is 10.2 Å². The van der Waals surface area contributed by atoms with E-state index in [-0.39, 0.29) is 53.2 Å². The van der Waals surface area contributed by atoms with E-state index in [1.807, 2.05) is 11.9 Å². The molecule has 1 N–H and O–H groups in total. The number of methoxy groups -OCH3 is 1. The summed E-state index contributed by atoms with van der Waals surface area (Å²) in [4.78, 5) is 43.0. The van der Waals surface area contributed by atoms with Crippen LogP contribution >= 0.6 is 0 Å². The number of nitrogens with one attached hydrogen (secondary N) is 1. The first kappa shape index (κ1) is 17.4. The zero-order valence-corrected chi connectivity index (χ0v) is 22.1. The molecule has 8 nitrogen and oxygen atoms in total. The van der Waals surface area contributed by atoms with Crippen molar-refractivity contribution in [3.05, 3.63) is 94.9 Å². The van der Waals surface area contributed by atoms with Gasteiger partial charge in [0.05, 0.1) is 34.3 Å². The van der Waals surface area contributed by atoms with Gasteiger partial charge in [-0.15, -0.1) is 0 Å². The predicted octanol–water partition coefficient (Wildman–Crippen LogP) is 3.79. The van der Waals surface area contributed by atoms with Crippen LogP contribution in [0.1, 0.15) is 40.8 Å². The molecule has 2 aliphatic heterocycles. The summed E-state index contributed by atoms with van der Waals surface area (Å²) in [6.07, 6.45) is -0.181. The van der Waals surface area contributed by atoms with Crippen molar-refractivity contribution in [1.82, 2.24) is 9.80 Å². The fourth-order valence-electron chi connectivity index (χ4n) is 4.61. The highest BCUT2D eigenvalue weighted by molar-refractivity contribution is 6.37. The number of nitrogens with zero attached hydrogens (tertiary/aromatic N) is 3. The highest BCUT2D eigenvalue weighted by Crippen LogP contribution is 2.39. The fourth-order valence-corrected chi connectivity index (χ4v) is 4.61. The number of carbonyl (C=O) groups excluding carboxylic acids is 3. The Labute approximate surface area is 248 Å². The molecule has 0 aromatic heterocycles. The van der Waals surface area contributed by atoms with E-state index < -0.39 is 61.5 Å². The van der Waals surface area contributed by atoms with Gasteiger partial charge in [0.15, 0.2) is 0 Å². The number of anilines is 2. The number of hydrogen-bond donors (Lipinski definition) is 1. The number of amides is 2. The Morgan fingerprint density at radius 2 is 1.77 bits per heavy atom. The molecule has 0 aliphatic carbocycles. The van der Waals surface area contributed by atoms with Crippen LogP contribution in [0.25, 0.3) is 11.1 Å². The minimum absolute atomic E-state index is 0.00121. The largest absolute Gasteiger partial charge is 0.465 e. The van der Waals surface area contributed by atoms with Crippen molar-refractivity contribution in [2.45, 2.75) is 6.42 Å². The summed E-state index contributed by atoms with van der Waals surface area (Å²) in [6, 6.07) is 6.91. The molecule has 1 saturated heterocycles. The molecular formula is C32H34N4O4. The quantitative estimate of drug-likeness (QED) is 0.358. The maximum absolute atomic E-state index is 13.6. The molecule has 40 heavy (non-hydrogen) atoms. The molecule has 2 heterocycles. The first-order valence-corrected chi connectivity index (χ1v) is 12.6. The Balaban J connectivity index is 1.60. The summed E-state index contributed by atoms with van der Waals surface area (Å²) in [7, 11) is 3.07. The fraction of sp³-hybridized carbons (Fsp3) is 0.281. The Bertz CT molecular complexity index is 1880. The minimum Gasteiger partial charge on any atom is -0.465 e. The predicted molar refractivity (Wildman–Crippen MR) is 157 cm³/mol. The van der Waals surface area contributed by atoms with Crippen LogP contribution in [0.15, 0.2) is 72.7 Å². The first-order valence-electron chi connectivity index (χ1n) is 17.6. The van der Waals surface area contributed by atoms with Gasteiger partial charge in [0.2, 0.25) is 5.91 Å². The monoisotopic (exact) mass is 548 g/mol. The summed E-state index contributed by atoms with van der Waals surface area (Å²) in [5.41, 5.74) is 0.836. The first-order chi connectivity index (χ1) is 23.4. The van der Waals surface area contributed by atoms with Crippen LogP contribution in [0, 0.1) is 0 Å². The molecule has 1 fully saturated rings. The summed E-state index contributed by atoms with van der Waals surface area (Å²) in [6.45, 7) is -4.24. The van der Waals surface area contributed by atoms with E-state index >= 15 is 0 Å². The molecule has 2 amide bonds. The molecule has 5 rings (SSSR count). The summed E-state index contributed by atoms with van der Waals surface area (Å²) in [5.74, 6) is -2.56. The number of hydrogen-bond acceptors (Lipinski definition) is 6. The van der Waals surface area contributed by atoms with Gasteiger partial charge in [-0.2, -0.15) is 0 Å². The maximum Gasteiger partial charge on any atom is 0.337 e. The topological polar surface area (TPSA) is 82.2 Å². The maximum atomic E-state index is 13.6. The number of benzene rings is 3. The molecule has 206 valence electrons. The highest BCUT2D eigenvalue weighted by Gasteiger charge is 2.29. The Morgan fingerprint density at radius 1 is 1.05 bits per heavy atom. The molecule has 3 aromatic rings. The number of fused-ring (bicyclic) bond motifs is 1. The molecule has 0 saturated carbocycles. The van der Waals surface area contributed by atoms with Crippen LogP contribution in [-0.4, -0.2) is 81.4 Å². The van der Waals surface area contributed by atoms with Gasteiger partial charge in [0.1, 0.15) is 0 Å². The van der Waals surface area contributed by atoms with Crippen molar-refractivity contribution in [3.63, 3.8) is 0 Å². The van der Waals surface area contributed by atoms with Gasteiger partial charge < -0.3 is 19.9 Å². The number of ether oxygens (including phenoxy) is 1. The third-order valence-corrected chi connectivity index (χ3v) is 6.82. The van der Waals surface area contributed by atoms with E-state index in [2.05, 4.69) is 5.32 Å². The van der Waals surface area contributed by atoms with Gasteiger partial charge in [-0.25, -0.2) is 4.79 Å². The number of piperazine rings is 1. The Hall–Kier alpha value is -4.27. The zero-order chi connectivity index (χ0) is 36.9. The molecule has 0 atom stereocenters. The third-order valence-electron chi connectivity index (χ3n) is 6.82. The lowest BCUT2D eigenvalue weighted by Gasteiger charge is -2.32. The molecule has 3 aromatic carbocycles. The molecule has 0 spiro atoms. The average Bonchev–Trinajstić information content (AvgIpc) is 3.40. The SMILES string of the molecule is [2H]c1c([2H])c([2H])c(/C(Cc2ccc(N(C(=O)C([2H])([2H])N3CCN(C)CC3)C([2H])([2H])[2H])cc2)=C2/C(=O)Nc3cc(C(=O)OC)ccc32)c([2H])c1[2H]. The van der Waals surface area contributed by atoms with Gasteiger partial charge in [0.25, 0.3) is 5.91 Å². The number of carbonyl (C=O) groups is 3. The molecule has 8 heteroatoms. The van der Waals surface area contributed by atoms with Crippen LogP contribution in [-0.2, 0) is 20.7 Å². The average molecular weight is 549 g/mol. The molecular weight excluding hydrogens is 504 g/mol. The van der Waals surface area contributed by atoms with E-state index in [0.717, 1.165) is 0 Å². The molecule has 0 bridgehead atoms. The van der Waals surface area contributed by atoms with Gasteiger partial charge >= 0.3 is 5.97 Å². The van der Waals surface area contributed by atoms with E-state index in [1.165, 1.54) is 54.5 Å². The van der Waals surface area contributed by atoms with Crippen LogP contribution in [0.5, 0.6) is 0 Å². The van der Waals surface area contributed by atoms with Crippen molar-refractivity contribution in [2.24, 2.45) is 0 Å². The van der Waals surface area contributed by atoms with E-state index in [1.54, 1.807) is 0 Å². The normalized spacial score (nSPS) is 21.0. The van der Waals surface area contributed by atoms with Gasteiger partial charge in [-0.1, -0.05) is 48.4 Å². The lowest BCUT2D eigenvalue weighted by Crippen LogP contribution is -2.48. The van der Waals surface area contributed by atoms with Gasteiger partial charge in [-0.05, 0) is 54.4 Å². The van der Waals surface area contributed by atoms with Crippen molar-refractivity contribution in [3.8, 4) is 0 Å². The lowest BCUT2D eigenvalue weighted by molar-refractivity contribution is -0.119. The third kappa shape index (κ3) is 5.83. The smallest absolute Gasteiger partial charge is 0.337 e. The van der Waals surface area contributed by atoms with E-state index in [0.29, 0.717) is 29.1 Å². The number of likely N-dealkylation sites (N-methyl/N-ethyl adjacent to an activating group) is 2. The molecule has 0 radical (unpaired) electrons. The number of allylic oxidation sites excluding steroid dienone is 1. The van der Waals surface area contributed by atoms with Crippen LogP contribution in [0.4, 0.5) is 11.4 Å². The number of esters is 1. The second-order valence-corrected chi connectivity index (χ2v) is 9.45. The molecule has 0 unspecified atom stereocenters.